The highest BCUT2D eigenvalue weighted by atomic mass is 32.2. The van der Waals surface area contributed by atoms with Crippen LogP contribution in [0, 0.1) is 17.1 Å². The number of halogens is 1. The number of sulfonamides is 1. The minimum absolute atomic E-state index is 0.0190. The molecule has 172 valence electrons. The van der Waals surface area contributed by atoms with Gasteiger partial charge in [0.05, 0.1) is 11.2 Å². The average Bonchev–Trinajstić information content (AvgIpc) is 3.49. The maximum atomic E-state index is 13.0. The third-order valence-corrected chi connectivity index (χ3v) is 6.60. The number of hydrogen-bond acceptors (Lipinski definition) is 8. The van der Waals surface area contributed by atoms with E-state index >= 15 is 0 Å². The topological polar surface area (TPSA) is 133 Å². The lowest BCUT2D eigenvalue weighted by Crippen LogP contribution is -2.49. The number of nitrogens with one attached hydrogen (secondary N) is 1. The van der Waals surface area contributed by atoms with Gasteiger partial charge in [-0.3, -0.25) is 4.79 Å². The average molecular weight is 473 g/mol. The van der Waals surface area contributed by atoms with Crippen LogP contribution < -0.4 is 9.62 Å². The molecule has 3 heterocycles. The van der Waals surface area contributed by atoms with E-state index in [1.54, 1.807) is 17.0 Å². The summed E-state index contributed by atoms with van der Waals surface area (Å²) in [7, 11) is -3.83. The van der Waals surface area contributed by atoms with Crippen molar-refractivity contribution in [2.45, 2.75) is 11.3 Å². The van der Waals surface area contributed by atoms with Crippen LogP contribution in [0.5, 0.6) is 0 Å². The molecule has 1 N–H and O–H groups in total. The molecular formula is C21H20FN5O5S. The number of nitriles is 1. The fraction of sp³-hybridized carbons (Fsp3) is 0.286. The van der Waals surface area contributed by atoms with Gasteiger partial charge in [0.2, 0.25) is 27.5 Å². The largest absolute Gasteiger partial charge is 0.459 e. The van der Waals surface area contributed by atoms with Gasteiger partial charge < -0.3 is 18.6 Å². The number of oxazole rings is 1. The molecule has 3 aromatic rings. The Bertz CT molecular complexity index is 1260. The minimum Gasteiger partial charge on any atom is -0.459 e. The van der Waals surface area contributed by atoms with Gasteiger partial charge in [0.25, 0.3) is 5.89 Å². The molecule has 1 amide bonds. The van der Waals surface area contributed by atoms with Crippen LogP contribution >= 0.6 is 0 Å². The molecule has 10 nitrogen and oxygen atoms in total. The van der Waals surface area contributed by atoms with Crippen molar-refractivity contribution < 1.29 is 26.4 Å². The zero-order valence-electron chi connectivity index (χ0n) is 17.4. The summed E-state index contributed by atoms with van der Waals surface area (Å²) in [5.74, 6) is 0.203. The molecule has 1 aliphatic heterocycles. The third-order valence-electron chi connectivity index (χ3n) is 5.12. The van der Waals surface area contributed by atoms with Gasteiger partial charge in [0.15, 0.2) is 5.76 Å². The zero-order valence-corrected chi connectivity index (χ0v) is 18.2. The first-order chi connectivity index (χ1) is 15.9. The molecule has 0 bridgehead atoms. The number of hydrogen-bond donors (Lipinski definition) is 1. The van der Waals surface area contributed by atoms with Crippen molar-refractivity contribution >= 4 is 21.8 Å². The zero-order chi connectivity index (χ0) is 23.4. The molecule has 1 aromatic carbocycles. The summed E-state index contributed by atoms with van der Waals surface area (Å²) in [6.45, 7) is 1.53. The van der Waals surface area contributed by atoms with Gasteiger partial charge in [-0.2, -0.15) is 10.2 Å². The Morgan fingerprint density at radius 3 is 2.55 bits per heavy atom. The van der Waals surface area contributed by atoms with Crippen molar-refractivity contribution in [3.63, 3.8) is 0 Å². The Hall–Kier alpha value is -3.69. The summed E-state index contributed by atoms with van der Waals surface area (Å²) >= 11 is 0. The SMILES string of the molecule is N#Cc1nc(-c2ccco2)oc1N1CCN(C(=O)CCNS(=O)(=O)c2ccc(F)cc2)CC1. The van der Waals surface area contributed by atoms with Crippen LogP contribution in [0.25, 0.3) is 11.7 Å². The number of rotatable bonds is 7. The maximum absolute atomic E-state index is 13.0. The highest BCUT2D eigenvalue weighted by Crippen LogP contribution is 2.29. The Morgan fingerprint density at radius 2 is 1.91 bits per heavy atom. The number of piperazine rings is 1. The molecule has 0 saturated carbocycles. The van der Waals surface area contributed by atoms with Gasteiger partial charge in [-0.05, 0) is 36.4 Å². The van der Waals surface area contributed by atoms with E-state index < -0.39 is 15.8 Å². The molecule has 2 aromatic heterocycles. The molecule has 1 saturated heterocycles. The summed E-state index contributed by atoms with van der Waals surface area (Å²) in [4.78, 5) is 20.1. The Morgan fingerprint density at radius 1 is 1.18 bits per heavy atom. The van der Waals surface area contributed by atoms with E-state index in [-0.39, 0.29) is 35.4 Å². The monoisotopic (exact) mass is 473 g/mol. The minimum atomic E-state index is -3.83. The first-order valence-electron chi connectivity index (χ1n) is 10.1. The molecule has 1 fully saturated rings. The van der Waals surface area contributed by atoms with Crippen molar-refractivity contribution in [3.8, 4) is 17.7 Å². The van der Waals surface area contributed by atoms with Crippen molar-refractivity contribution in [1.82, 2.24) is 14.6 Å². The van der Waals surface area contributed by atoms with Crippen molar-refractivity contribution in [2.24, 2.45) is 0 Å². The maximum Gasteiger partial charge on any atom is 0.266 e. The summed E-state index contributed by atoms with van der Waals surface area (Å²) in [6.07, 6.45) is 1.46. The van der Waals surface area contributed by atoms with E-state index in [1.165, 1.54) is 6.26 Å². The number of carbonyl (C=O) groups excluding carboxylic acids is 1. The summed E-state index contributed by atoms with van der Waals surface area (Å²) in [5.41, 5.74) is 0.136. The van der Waals surface area contributed by atoms with Crippen LogP contribution in [-0.4, -0.2) is 56.9 Å². The van der Waals surface area contributed by atoms with Crippen molar-refractivity contribution in [3.05, 3.63) is 54.2 Å². The van der Waals surface area contributed by atoms with Gasteiger partial charge in [0, 0.05) is 39.1 Å². The number of furan rings is 1. The molecule has 33 heavy (non-hydrogen) atoms. The second kappa shape index (κ2) is 9.43. The van der Waals surface area contributed by atoms with Gasteiger partial charge in [-0.1, -0.05) is 0 Å². The van der Waals surface area contributed by atoms with Gasteiger partial charge >= 0.3 is 0 Å². The number of aromatic nitrogens is 1. The van der Waals surface area contributed by atoms with Crippen molar-refractivity contribution in [2.75, 3.05) is 37.6 Å². The van der Waals surface area contributed by atoms with Crippen LogP contribution in [0.15, 0.2) is 56.4 Å². The normalized spacial score (nSPS) is 14.3. The highest BCUT2D eigenvalue weighted by molar-refractivity contribution is 7.89. The molecule has 0 unspecified atom stereocenters. The van der Waals surface area contributed by atoms with Crippen LogP contribution in [0.1, 0.15) is 12.1 Å². The molecule has 0 radical (unpaired) electrons. The van der Waals surface area contributed by atoms with E-state index in [9.17, 15) is 22.9 Å². The van der Waals surface area contributed by atoms with E-state index in [2.05, 4.69) is 9.71 Å². The van der Waals surface area contributed by atoms with Crippen LogP contribution in [0.3, 0.4) is 0 Å². The smallest absolute Gasteiger partial charge is 0.266 e. The van der Waals surface area contributed by atoms with E-state index in [0.717, 1.165) is 24.3 Å². The lowest BCUT2D eigenvalue weighted by Gasteiger charge is -2.34. The number of carbonyl (C=O) groups is 1. The predicted molar refractivity (Wildman–Crippen MR) is 114 cm³/mol. The molecule has 0 atom stereocenters. The molecule has 1 aliphatic rings. The number of benzene rings is 1. The van der Waals surface area contributed by atoms with Gasteiger partial charge in [0.1, 0.15) is 11.9 Å². The lowest BCUT2D eigenvalue weighted by molar-refractivity contribution is -0.131. The molecule has 12 heteroatoms. The van der Waals surface area contributed by atoms with Crippen molar-refractivity contribution in [1.29, 1.82) is 5.26 Å². The van der Waals surface area contributed by atoms with E-state index in [1.807, 2.05) is 11.0 Å². The predicted octanol–water partition coefficient (Wildman–Crippen LogP) is 1.96. The third kappa shape index (κ3) is 5.05. The lowest BCUT2D eigenvalue weighted by atomic mass is 10.2. The summed E-state index contributed by atoms with van der Waals surface area (Å²) in [5, 5.41) is 9.39. The van der Waals surface area contributed by atoms with Crippen LogP contribution in [0.2, 0.25) is 0 Å². The molecular weight excluding hydrogens is 453 g/mol. The molecule has 0 aliphatic carbocycles. The van der Waals surface area contributed by atoms with E-state index in [0.29, 0.717) is 37.8 Å². The second-order valence-electron chi connectivity index (χ2n) is 7.23. The van der Waals surface area contributed by atoms with Gasteiger partial charge in [-0.25, -0.2) is 17.5 Å². The highest BCUT2D eigenvalue weighted by Gasteiger charge is 2.27. The fourth-order valence-electron chi connectivity index (χ4n) is 3.41. The quantitative estimate of drug-likeness (QED) is 0.551. The molecule has 4 rings (SSSR count). The number of nitrogens with zero attached hydrogens (tertiary/aromatic N) is 4. The standard InChI is InChI=1S/C21H20FN5O5S/c22-15-3-5-16(6-4-15)33(29,30)24-8-7-19(28)26-9-11-27(12-10-26)21-17(14-23)25-20(32-21)18-2-1-13-31-18/h1-6,13,24H,7-12H2. The van der Waals surface area contributed by atoms with Crippen LogP contribution in [0.4, 0.5) is 10.3 Å². The fourth-order valence-corrected chi connectivity index (χ4v) is 4.44. The molecule has 0 spiro atoms. The Labute approximate surface area is 189 Å². The second-order valence-corrected chi connectivity index (χ2v) is 9.00. The van der Waals surface area contributed by atoms with Gasteiger partial charge in [-0.15, -0.1) is 0 Å². The summed E-state index contributed by atoms with van der Waals surface area (Å²) in [6, 6.07) is 9.82. The Balaban J connectivity index is 1.30. The number of anilines is 1. The summed E-state index contributed by atoms with van der Waals surface area (Å²) < 4.78 is 50.8. The van der Waals surface area contributed by atoms with E-state index in [4.69, 9.17) is 8.83 Å². The number of amides is 1. The first-order valence-corrected chi connectivity index (χ1v) is 11.6. The van der Waals surface area contributed by atoms with Crippen LogP contribution in [-0.2, 0) is 14.8 Å². The first kappa shape index (κ1) is 22.5. The Kier molecular flexibility index (Phi) is 6.43.